The minimum absolute atomic E-state index is 0.214. The molecule has 1 aromatic carbocycles. The second kappa shape index (κ2) is 5.21. The third-order valence-electron chi connectivity index (χ3n) is 2.60. The first-order valence-corrected chi connectivity index (χ1v) is 5.35. The molecule has 0 spiro atoms. The number of aliphatic hydroxyl groups is 1. The molecular weight excluding hydrogens is 228 g/mol. The summed E-state index contributed by atoms with van der Waals surface area (Å²) in [4.78, 5) is 15.0. The molecule has 0 bridgehead atoms. The van der Waals surface area contributed by atoms with E-state index in [1.54, 1.807) is 36.4 Å². The van der Waals surface area contributed by atoms with Crippen molar-refractivity contribution in [2.45, 2.75) is 6.61 Å². The van der Waals surface area contributed by atoms with Crippen molar-refractivity contribution in [2.24, 2.45) is 0 Å². The molecule has 0 aliphatic heterocycles. The van der Waals surface area contributed by atoms with Crippen LogP contribution in [0.15, 0.2) is 36.4 Å². The zero-order valence-corrected chi connectivity index (χ0v) is 9.50. The third-order valence-corrected chi connectivity index (χ3v) is 2.60. The van der Waals surface area contributed by atoms with Gasteiger partial charge in [0.15, 0.2) is 6.29 Å². The van der Waals surface area contributed by atoms with Crippen LogP contribution in [0.4, 0.5) is 0 Å². The Hall–Kier alpha value is -2.51. The Balaban J connectivity index is 2.44. The van der Waals surface area contributed by atoms with Crippen molar-refractivity contribution < 1.29 is 9.90 Å². The molecule has 0 radical (unpaired) electrons. The van der Waals surface area contributed by atoms with Gasteiger partial charge in [0.25, 0.3) is 0 Å². The Kier molecular flexibility index (Phi) is 3.46. The first-order chi connectivity index (χ1) is 8.78. The number of hydrogen-bond acceptors (Lipinski definition) is 4. The SMILES string of the molecule is N#Cc1ccc(-c2ccc(CO)c(C=O)n2)cc1. The average molecular weight is 238 g/mol. The van der Waals surface area contributed by atoms with E-state index in [0.29, 0.717) is 23.1 Å². The molecule has 0 aliphatic rings. The number of nitrogens with zero attached hydrogens (tertiary/aromatic N) is 2. The molecule has 0 aliphatic carbocycles. The summed E-state index contributed by atoms with van der Waals surface area (Å²) < 4.78 is 0. The van der Waals surface area contributed by atoms with Crippen LogP contribution >= 0.6 is 0 Å². The van der Waals surface area contributed by atoms with Crippen LogP contribution in [0.5, 0.6) is 0 Å². The zero-order chi connectivity index (χ0) is 13.0. The highest BCUT2D eigenvalue weighted by molar-refractivity contribution is 5.76. The van der Waals surface area contributed by atoms with Gasteiger partial charge in [-0.3, -0.25) is 4.79 Å². The van der Waals surface area contributed by atoms with Crippen molar-refractivity contribution in [1.82, 2.24) is 4.98 Å². The van der Waals surface area contributed by atoms with E-state index >= 15 is 0 Å². The van der Waals surface area contributed by atoms with Gasteiger partial charge in [-0.2, -0.15) is 5.26 Å². The molecule has 0 fully saturated rings. The second-order valence-corrected chi connectivity index (χ2v) is 3.71. The first kappa shape index (κ1) is 12.0. The number of carbonyl (C=O) groups excluding carboxylic acids is 1. The summed E-state index contributed by atoms with van der Waals surface area (Å²) in [5.74, 6) is 0. The molecule has 1 heterocycles. The van der Waals surface area contributed by atoms with Gasteiger partial charge < -0.3 is 5.11 Å². The van der Waals surface area contributed by atoms with Crippen LogP contribution in [0.25, 0.3) is 11.3 Å². The van der Waals surface area contributed by atoms with Crippen molar-refractivity contribution in [3.8, 4) is 17.3 Å². The molecule has 0 unspecified atom stereocenters. The number of pyridine rings is 1. The lowest BCUT2D eigenvalue weighted by Gasteiger charge is -2.05. The molecule has 2 rings (SSSR count). The molecule has 4 nitrogen and oxygen atoms in total. The smallest absolute Gasteiger partial charge is 0.168 e. The van der Waals surface area contributed by atoms with Crippen LogP contribution < -0.4 is 0 Å². The number of carbonyl (C=O) groups is 1. The minimum Gasteiger partial charge on any atom is -0.392 e. The lowest BCUT2D eigenvalue weighted by molar-refractivity contribution is 0.111. The van der Waals surface area contributed by atoms with Crippen LogP contribution in [-0.2, 0) is 6.61 Å². The Morgan fingerprint density at radius 2 is 1.94 bits per heavy atom. The summed E-state index contributed by atoms with van der Waals surface area (Å²) in [5.41, 5.74) is 2.77. The van der Waals surface area contributed by atoms with Gasteiger partial charge in [-0.15, -0.1) is 0 Å². The standard InChI is InChI=1S/C14H10N2O2/c15-7-10-1-3-11(4-2-10)13-6-5-12(8-17)14(9-18)16-13/h1-6,9,17H,8H2. The molecule has 0 atom stereocenters. The average Bonchev–Trinajstić information content (AvgIpc) is 2.46. The fraction of sp³-hybridized carbons (Fsp3) is 0.0714. The maximum Gasteiger partial charge on any atom is 0.168 e. The van der Waals surface area contributed by atoms with E-state index in [-0.39, 0.29) is 12.3 Å². The van der Waals surface area contributed by atoms with Crippen LogP contribution in [0.2, 0.25) is 0 Å². The summed E-state index contributed by atoms with van der Waals surface area (Å²) >= 11 is 0. The molecule has 0 saturated carbocycles. The van der Waals surface area contributed by atoms with Gasteiger partial charge in [-0.05, 0) is 18.2 Å². The Morgan fingerprint density at radius 1 is 1.22 bits per heavy atom. The van der Waals surface area contributed by atoms with Crippen molar-refractivity contribution >= 4 is 6.29 Å². The highest BCUT2D eigenvalue weighted by Gasteiger charge is 2.06. The predicted molar refractivity (Wildman–Crippen MR) is 65.7 cm³/mol. The van der Waals surface area contributed by atoms with Crippen LogP contribution in [0.3, 0.4) is 0 Å². The summed E-state index contributed by atoms with van der Waals surface area (Å²) in [5, 5.41) is 17.8. The van der Waals surface area contributed by atoms with Gasteiger partial charge in [0.2, 0.25) is 0 Å². The van der Waals surface area contributed by atoms with Crippen molar-refractivity contribution in [3.05, 3.63) is 53.2 Å². The fourth-order valence-electron chi connectivity index (χ4n) is 1.62. The summed E-state index contributed by atoms with van der Waals surface area (Å²) in [6.07, 6.45) is 0.624. The van der Waals surface area contributed by atoms with Gasteiger partial charge in [0, 0.05) is 11.1 Å². The van der Waals surface area contributed by atoms with Gasteiger partial charge in [0.1, 0.15) is 5.69 Å². The first-order valence-electron chi connectivity index (χ1n) is 5.35. The van der Waals surface area contributed by atoms with E-state index in [1.165, 1.54) is 0 Å². The van der Waals surface area contributed by atoms with E-state index in [1.807, 2.05) is 6.07 Å². The van der Waals surface area contributed by atoms with Crippen LogP contribution in [0.1, 0.15) is 21.6 Å². The van der Waals surface area contributed by atoms with Gasteiger partial charge in [-0.25, -0.2) is 4.98 Å². The number of nitriles is 1. The Labute approximate surface area is 104 Å². The number of rotatable bonds is 3. The summed E-state index contributed by atoms with van der Waals surface area (Å²) in [6, 6.07) is 12.4. The van der Waals surface area contributed by atoms with E-state index in [2.05, 4.69) is 4.98 Å². The molecule has 1 N–H and O–H groups in total. The van der Waals surface area contributed by atoms with E-state index in [9.17, 15) is 4.79 Å². The predicted octanol–water partition coefficient (Wildman–Crippen LogP) is 1.93. The molecule has 0 saturated heterocycles. The molecule has 2 aromatic rings. The number of hydrogen-bond donors (Lipinski definition) is 1. The number of aldehydes is 1. The van der Waals surface area contributed by atoms with E-state index in [0.717, 1.165) is 5.56 Å². The molecule has 1 aromatic heterocycles. The Bertz CT molecular complexity index is 613. The van der Waals surface area contributed by atoms with Gasteiger partial charge in [-0.1, -0.05) is 18.2 Å². The molecular formula is C14H10N2O2. The van der Waals surface area contributed by atoms with Crippen molar-refractivity contribution in [3.63, 3.8) is 0 Å². The molecule has 0 amide bonds. The number of aromatic nitrogens is 1. The Morgan fingerprint density at radius 3 is 2.50 bits per heavy atom. The van der Waals surface area contributed by atoms with E-state index < -0.39 is 0 Å². The maximum atomic E-state index is 10.9. The topological polar surface area (TPSA) is 74.0 Å². The molecule has 18 heavy (non-hydrogen) atoms. The second-order valence-electron chi connectivity index (χ2n) is 3.71. The highest BCUT2D eigenvalue weighted by Crippen LogP contribution is 2.19. The highest BCUT2D eigenvalue weighted by atomic mass is 16.3. The van der Waals surface area contributed by atoms with E-state index in [4.69, 9.17) is 10.4 Å². The molecule has 4 heteroatoms. The van der Waals surface area contributed by atoms with Crippen molar-refractivity contribution in [1.29, 1.82) is 5.26 Å². The maximum absolute atomic E-state index is 10.9. The zero-order valence-electron chi connectivity index (χ0n) is 9.50. The number of benzene rings is 1. The lowest BCUT2D eigenvalue weighted by atomic mass is 10.1. The quantitative estimate of drug-likeness (QED) is 0.829. The lowest BCUT2D eigenvalue weighted by Crippen LogP contribution is -1.98. The normalized spacial score (nSPS) is 9.78. The van der Waals surface area contributed by atoms with Crippen LogP contribution in [0, 0.1) is 11.3 Å². The fourth-order valence-corrected chi connectivity index (χ4v) is 1.62. The largest absolute Gasteiger partial charge is 0.392 e. The van der Waals surface area contributed by atoms with Gasteiger partial charge in [0.05, 0.1) is 23.9 Å². The number of aliphatic hydroxyl groups excluding tert-OH is 1. The van der Waals surface area contributed by atoms with Gasteiger partial charge >= 0.3 is 0 Å². The third kappa shape index (κ3) is 2.26. The summed E-state index contributed by atoms with van der Waals surface area (Å²) in [6.45, 7) is -0.214. The summed E-state index contributed by atoms with van der Waals surface area (Å²) in [7, 11) is 0. The monoisotopic (exact) mass is 238 g/mol. The van der Waals surface area contributed by atoms with Crippen LogP contribution in [-0.4, -0.2) is 16.4 Å². The molecule has 88 valence electrons. The van der Waals surface area contributed by atoms with Crippen molar-refractivity contribution in [2.75, 3.05) is 0 Å². The minimum atomic E-state index is -0.214.